The number of aromatic nitrogens is 1. The number of pyridine rings is 1. The van der Waals surface area contributed by atoms with Gasteiger partial charge in [-0.1, -0.05) is 30.3 Å². The molecule has 0 bridgehead atoms. The lowest BCUT2D eigenvalue weighted by molar-refractivity contribution is 0.129. The van der Waals surface area contributed by atoms with Crippen molar-refractivity contribution in [2.45, 2.75) is 13.5 Å². The van der Waals surface area contributed by atoms with Gasteiger partial charge in [-0.2, -0.15) is 0 Å². The lowest BCUT2D eigenvalue weighted by Gasteiger charge is -2.07. The molecular formula is C14H15NO2. The van der Waals surface area contributed by atoms with Crippen molar-refractivity contribution < 1.29 is 9.84 Å². The van der Waals surface area contributed by atoms with Crippen LogP contribution in [-0.2, 0) is 11.3 Å². The van der Waals surface area contributed by atoms with Gasteiger partial charge in [-0.15, -0.1) is 0 Å². The normalized spacial score (nSPS) is 10.4. The SMILES string of the molecule is CCOCc1nc(-c2ccccc2)ccc1O. The molecule has 0 amide bonds. The van der Waals surface area contributed by atoms with Crippen LogP contribution in [0.3, 0.4) is 0 Å². The summed E-state index contributed by atoms with van der Waals surface area (Å²) in [6.07, 6.45) is 0. The molecule has 0 aliphatic rings. The first-order valence-corrected chi connectivity index (χ1v) is 5.63. The average molecular weight is 229 g/mol. The van der Waals surface area contributed by atoms with Crippen LogP contribution >= 0.6 is 0 Å². The zero-order valence-corrected chi connectivity index (χ0v) is 9.76. The zero-order valence-electron chi connectivity index (χ0n) is 9.76. The highest BCUT2D eigenvalue weighted by molar-refractivity contribution is 5.59. The summed E-state index contributed by atoms with van der Waals surface area (Å²) in [5.74, 6) is 0.179. The van der Waals surface area contributed by atoms with Crippen LogP contribution in [-0.4, -0.2) is 16.7 Å². The minimum Gasteiger partial charge on any atom is -0.506 e. The van der Waals surface area contributed by atoms with Crippen LogP contribution in [0.15, 0.2) is 42.5 Å². The molecule has 0 fully saturated rings. The summed E-state index contributed by atoms with van der Waals surface area (Å²) >= 11 is 0. The fourth-order valence-corrected chi connectivity index (χ4v) is 1.57. The third kappa shape index (κ3) is 2.82. The van der Waals surface area contributed by atoms with Crippen molar-refractivity contribution in [3.05, 3.63) is 48.2 Å². The molecule has 0 aliphatic carbocycles. The van der Waals surface area contributed by atoms with Crippen molar-refractivity contribution >= 4 is 0 Å². The monoisotopic (exact) mass is 229 g/mol. The van der Waals surface area contributed by atoms with Gasteiger partial charge in [-0.25, -0.2) is 4.98 Å². The number of ether oxygens (including phenoxy) is 1. The van der Waals surface area contributed by atoms with E-state index in [1.165, 1.54) is 0 Å². The minimum atomic E-state index is 0.179. The number of hydrogen-bond donors (Lipinski definition) is 1. The maximum absolute atomic E-state index is 9.67. The zero-order chi connectivity index (χ0) is 12.1. The summed E-state index contributed by atoms with van der Waals surface area (Å²) in [6.45, 7) is 2.86. The number of rotatable bonds is 4. The van der Waals surface area contributed by atoms with E-state index in [-0.39, 0.29) is 5.75 Å². The van der Waals surface area contributed by atoms with Gasteiger partial charge in [0, 0.05) is 12.2 Å². The van der Waals surface area contributed by atoms with Gasteiger partial charge in [0.05, 0.1) is 12.3 Å². The number of benzene rings is 1. The van der Waals surface area contributed by atoms with Crippen molar-refractivity contribution in [3.8, 4) is 17.0 Å². The minimum absolute atomic E-state index is 0.179. The van der Waals surface area contributed by atoms with Crippen LogP contribution in [0, 0.1) is 0 Å². The Morgan fingerprint density at radius 3 is 2.59 bits per heavy atom. The number of nitrogens with zero attached hydrogens (tertiary/aromatic N) is 1. The summed E-state index contributed by atoms with van der Waals surface area (Å²) in [5.41, 5.74) is 2.46. The molecule has 88 valence electrons. The van der Waals surface area contributed by atoms with Gasteiger partial charge < -0.3 is 9.84 Å². The third-order valence-corrected chi connectivity index (χ3v) is 2.46. The summed E-state index contributed by atoms with van der Waals surface area (Å²) in [7, 11) is 0. The smallest absolute Gasteiger partial charge is 0.139 e. The molecular weight excluding hydrogens is 214 g/mol. The van der Waals surface area contributed by atoms with Gasteiger partial charge in [0.15, 0.2) is 0 Å². The molecule has 0 spiro atoms. The Hall–Kier alpha value is -1.87. The molecule has 1 heterocycles. The average Bonchev–Trinajstić information content (AvgIpc) is 2.39. The highest BCUT2D eigenvalue weighted by Gasteiger charge is 2.06. The highest BCUT2D eigenvalue weighted by Crippen LogP contribution is 2.22. The first-order chi connectivity index (χ1) is 8.31. The quantitative estimate of drug-likeness (QED) is 0.876. The Bertz CT molecular complexity index is 483. The molecule has 0 radical (unpaired) electrons. The Morgan fingerprint density at radius 1 is 1.12 bits per heavy atom. The Kier molecular flexibility index (Phi) is 3.73. The number of aromatic hydroxyl groups is 1. The van der Waals surface area contributed by atoms with Crippen molar-refractivity contribution in [2.75, 3.05) is 6.61 Å². The summed E-state index contributed by atoms with van der Waals surface area (Å²) in [5, 5.41) is 9.67. The molecule has 3 heteroatoms. The van der Waals surface area contributed by atoms with E-state index in [4.69, 9.17) is 4.74 Å². The van der Waals surface area contributed by atoms with Crippen LogP contribution in [0.25, 0.3) is 11.3 Å². The second kappa shape index (κ2) is 5.46. The molecule has 2 rings (SSSR count). The van der Waals surface area contributed by atoms with Crippen LogP contribution < -0.4 is 0 Å². The maximum Gasteiger partial charge on any atom is 0.139 e. The van der Waals surface area contributed by atoms with E-state index in [1.54, 1.807) is 12.1 Å². The molecule has 1 aromatic heterocycles. The molecule has 0 aliphatic heterocycles. The molecule has 0 unspecified atom stereocenters. The van der Waals surface area contributed by atoms with Gasteiger partial charge in [0.1, 0.15) is 11.4 Å². The molecule has 2 aromatic rings. The van der Waals surface area contributed by atoms with Gasteiger partial charge in [0.25, 0.3) is 0 Å². The predicted octanol–water partition coefficient (Wildman–Crippen LogP) is 2.99. The van der Waals surface area contributed by atoms with E-state index in [0.717, 1.165) is 11.3 Å². The van der Waals surface area contributed by atoms with E-state index < -0.39 is 0 Å². The van der Waals surface area contributed by atoms with Crippen LogP contribution in [0.1, 0.15) is 12.6 Å². The largest absolute Gasteiger partial charge is 0.506 e. The van der Waals surface area contributed by atoms with Crippen molar-refractivity contribution in [1.82, 2.24) is 4.98 Å². The lowest BCUT2D eigenvalue weighted by Crippen LogP contribution is -1.97. The third-order valence-electron chi connectivity index (χ3n) is 2.46. The second-order valence-electron chi connectivity index (χ2n) is 3.67. The van der Waals surface area contributed by atoms with Gasteiger partial charge in [-0.3, -0.25) is 0 Å². The summed E-state index contributed by atoms with van der Waals surface area (Å²) in [4.78, 5) is 4.41. The van der Waals surface area contributed by atoms with Gasteiger partial charge in [0.2, 0.25) is 0 Å². The molecule has 0 atom stereocenters. The van der Waals surface area contributed by atoms with E-state index in [1.807, 2.05) is 37.3 Å². The van der Waals surface area contributed by atoms with E-state index >= 15 is 0 Å². The van der Waals surface area contributed by atoms with Crippen molar-refractivity contribution in [3.63, 3.8) is 0 Å². The molecule has 1 aromatic carbocycles. The van der Waals surface area contributed by atoms with Gasteiger partial charge in [-0.05, 0) is 19.1 Å². The van der Waals surface area contributed by atoms with Gasteiger partial charge >= 0.3 is 0 Å². The van der Waals surface area contributed by atoms with E-state index in [0.29, 0.717) is 18.9 Å². The Labute approximate surface area is 101 Å². The lowest BCUT2D eigenvalue weighted by atomic mass is 10.1. The fourth-order valence-electron chi connectivity index (χ4n) is 1.57. The first kappa shape index (κ1) is 11.6. The second-order valence-corrected chi connectivity index (χ2v) is 3.67. The maximum atomic E-state index is 9.67. The van der Waals surface area contributed by atoms with Crippen LogP contribution in [0.5, 0.6) is 5.75 Å². The summed E-state index contributed by atoms with van der Waals surface area (Å²) in [6, 6.07) is 13.3. The fraction of sp³-hybridized carbons (Fsp3) is 0.214. The molecule has 1 N–H and O–H groups in total. The molecule has 3 nitrogen and oxygen atoms in total. The standard InChI is InChI=1S/C14H15NO2/c1-2-17-10-13-14(16)9-8-12(15-13)11-6-4-3-5-7-11/h3-9,16H,2,10H2,1H3. The number of hydrogen-bond acceptors (Lipinski definition) is 3. The van der Waals surface area contributed by atoms with Crippen LogP contribution in [0.4, 0.5) is 0 Å². The Balaban J connectivity index is 2.31. The van der Waals surface area contributed by atoms with E-state index in [2.05, 4.69) is 4.98 Å². The molecule has 0 saturated carbocycles. The summed E-state index contributed by atoms with van der Waals surface area (Å²) < 4.78 is 5.27. The highest BCUT2D eigenvalue weighted by atomic mass is 16.5. The molecule has 0 saturated heterocycles. The Morgan fingerprint density at radius 2 is 1.88 bits per heavy atom. The van der Waals surface area contributed by atoms with Crippen molar-refractivity contribution in [2.24, 2.45) is 0 Å². The van der Waals surface area contributed by atoms with Crippen molar-refractivity contribution in [1.29, 1.82) is 0 Å². The topological polar surface area (TPSA) is 42.4 Å². The van der Waals surface area contributed by atoms with Crippen LogP contribution in [0.2, 0.25) is 0 Å². The molecule has 17 heavy (non-hydrogen) atoms. The first-order valence-electron chi connectivity index (χ1n) is 5.63. The predicted molar refractivity (Wildman–Crippen MR) is 66.7 cm³/mol. The van der Waals surface area contributed by atoms with E-state index in [9.17, 15) is 5.11 Å².